The van der Waals surface area contributed by atoms with Crippen molar-refractivity contribution in [2.45, 2.75) is 95.2 Å². The molecule has 26 nitrogen and oxygen atoms in total. The van der Waals surface area contributed by atoms with Gasteiger partial charge >= 0.3 is 24.8 Å². The molecule has 0 unspecified atom stereocenters. The lowest BCUT2D eigenvalue weighted by molar-refractivity contribution is -0.0375. The standard InChI is InChI=1S/C30H38N13O13P/c1-13-7-41(28(48)33-25(13)45)22-4-16(36-39-31)20(55-22)11-52-57(51,38-18-6-24(54-19(18)10-44)43-9-15(3)27(47)35-30(43)50)53-12-21-17(37-40-32)5-23(56-21)42-8-14(2)26(46)34-29(42)49/h7-9,16-24,44H,4-6,10-12H2,1-3H3,(H,38,51)(H,33,45,48)(H,34,46,49)(H,35,47,50)/t16-,17-,18-,19+,20+,21+,22+,23+,24+/m0/s1. The van der Waals surface area contributed by atoms with Crippen molar-refractivity contribution in [3.05, 3.63) is 119 Å². The van der Waals surface area contributed by atoms with Crippen LogP contribution in [0.2, 0.25) is 0 Å². The van der Waals surface area contributed by atoms with Gasteiger partial charge in [0, 0.05) is 64.4 Å². The number of hydrogen-bond donors (Lipinski definition) is 5. The van der Waals surface area contributed by atoms with Gasteiger partial charge in [0.25, 0.3) is 16.7 Å². The quantitative estimate of drug-likeness (QED) is 0.0613. The molecule has 3 aliphatic rings. The Morgan fingerprint density at radius 1 is 0.719 bits per heavy atom. The van der Waals surface area contributed by atoms with Gasteiger partial charge in [-0.25, -0.2) is 24.0 Å². The molecule has 0 saturated carbocycles. The molecule has 0 bridgehead atoms. The van der Waals surface area contributed by atoms with E-state index in [2.05, 4.69) is 40.1 Å². The Morgan fingerprint density at radius 3 is 1.46 bits per heavy atom. The number of hydrogen-bond acceptors (Lipinski definition) is 15. The van der Waals surface area contributed by atoms with Crippen LogP contribution in [0.4, 0.5) is 0 Å². The summed E-state index contributed by atoms with van der Waals surface area (Å²) in [7, 11) is -4.64. The highest BCUT2D eigenvalue weighted by Gasteiger charge is 2.45. The molecule has 306 valence electrons. The molecule has 57 heavy (non-hydrogen) atoms. The van der Waals surface area contributed by atoms with Gasteiger partial charge in [-0.1, -0.05) is 10.2 Å². The molecule has 27 heteroatoms. The second-order valence-electron chi connectivity index (χ2n) is 13.6. The van der Waals surface area contributed by atoms with Crippen molar-refractivity contribution in [2.24, 2.45) is 10.2 Å². The number of aromatic nitrogens is 6. The van der Waals surface area contributed by atoms with E-state index in [1.165, 1.54) is 39.4 Å². The number of H-pyrrole nitrogens is 3. The number of ether oxygens (including phenoxy) is 3. The largest absolute Gasteiger partial charge is 0.406 e. The minimum absolute atomic E-state index is 0.0468. The van der Waals surface area contributed by atoms with Gasteiger partial charge in [0.1, 0.15) is 18.7 Å². The summed E-state index contributed by atoms with van der Waals surface area (Å²) in [6, 6.07) is -2.98. The van der Waals surface area contributed by atoms with Crippen LogP contribution in [0, 0.1) is 20.8 Å². The summed E-state index contributed by atoms with van der Waals surface area (Å²) in [6.07, 6.45) is -2.90. The molecule has 3 aliphatic heterocycles. The zero-order valence-corrected chi connectivity index (χ0v) is 31.4. The van der Waals surface area contributed by atoms with Crippen molar-refractivity contribution >= 4 is 7.75 Å². The highest BCUT2D eigenvalue weighted by atomic mass is 31.2. The Hall–Kier alpha value is -5.39. The zero-order valence-electron chi connectivity index (χ0n) is 30.5. The number of azide groups is 2. The van der Waals surface area contributed by atoms with Crippen LogP contribution in [0.3, 0.4) is 0 Å². The second kappa shape index (κ2) is 17.0. The van der Waals surface area contributed by atoms with Gasteiger partial charge in [0.2, 0.25) is 0 Å². The molecular formula is C30H38N13O13P. The van der Waals surface area contributed by atoms with E-state index in [0.717, 1.165) is 13.7 Å². The van der Waals surface area contributed by atoms with Crippen LogP contribution in [-0.4, -0.2) is 90.0 Å². The zero-order chi connectivity index (χ0) is 41.2. The predicted molar refractivity (Wildman–Crippen MR) is 193 cm³/mol. The van der Waals surface area contributed by atoms with Crippen molar-refractivity contribution < 1.29 is 32.9 Å². The van der Waals surface area contributed by atoms with Crippen LogP contribution < -0.4 is 38.8 Å². The highest BCUT2D eigenvalue weighted by Crippen LogP contribution is 2.48. The van der Waals surface area contributed by atoms with Gasteiger partial charge < -0.3 is 19.3 Å². The first-order valence-corrected chi connectivity index (χ1v) is 19.0. The fourth-order valence-electron chi connectivity index (χ4n) is 6.71. The topological polar surface area (TPSA) is 358 Å². The molecule has 0 amide bonds. The summed E-state index contributed by atoms with van der Waals surface area (Å²) in [5.41, 5.74) is 15.0. The third-order valence-electron chi connectivity index (χ3n) is 9.73. The smallest absolute Gasteiger partial charge is 0.394 e. The maximum absolute atomic E-state index is 14.7. The van der Waals surface area contributed by atoms with Gasteiger partial charge in [0.15, 0.2) is 0 Å². The van der Waals surface area contributed by atoms with E-state index in [1.807, 2.05) is 0 Å². The Balaban J connectivity index is 1.27. The normalized spacial score (nSPS) is 28.1. The lowest BCUT2D eigenvalue weighted by Gasteiger charge is -2.27. The minimum atomic E-state index is -4.64. The monoisotopic (exact) mass is 819 g/mol. The Bertz CT molecular complexity index is 2400. The molecule has 6 heterocycles. The van der Waals surface area contributed by atoms with E-state index < -0.39 is 116 Å². The number of aromatic amines is 3. The molecule has 3 aromatic heterocycles. The average Bonchev–Trinajstić information content (AvgIpc) is 3.88. The van der Waals surface area contributed by atoms with Crippen molar-refractivity contribution in [1.29, 1.82) is 0 Å². The van der Waals surface area contributed by atoms with E-state index in [-0.39, 0.29) is 36.0 Å². The van der Waals surface area contributed by atoms with E-state index in [4.69, 9.17) is 23.3 Å². The summed E-state index contributed by atoms with van der Waals surface area (Å²) >= 11 is 0. The summed E-state index contributed by atoms with van der Waals surface area (Å²) in [5.74, 6) is 0. The van der Waals surface area contributed by atoms with Crippen LogP contribution in [0.1, 0.15) is 54.6 Å². The Labute approximate surface area is 318 Å². The molecular weight excluding hydrogens is 781 g/mol. The second-order valence-corrected chi connectivity index (χ2v) is 15.4. The molecule has 9 atom stereocenters. The summed E-state index contributed by atoms with van der Waals surface area (Å²) in [4.78, 5) is 86.1. The Kier molecular flexibility index (Phi) is 12.3. The molecule has 5 N–H and O–H groups in total. The molecule has 6 rings (SSSR count). The molecule has 3 saturated heterocycles. The molecule has 0 aromatic carbocycles. The van der Waals surface area contributed by atoms with Crippen molar-refractivity contribution in [3.8, 4) is 0 Å². The molecule has 3 fully saturated rings. The van der Waals surface area contributed by atoms with E-state index in [0.29, 0.717) is 0 Å². The van der Waals surface area contributed by atoms with Crippen LogP contribution >= 0.6 is 7.75 Å². The van der Waals surface area contributed by atoms with Crippen molar-refractivity contribution in [1.82, 2.24) is 33.7 Å². The fourth-order valence-corrected chi connectivity index (χ4v) is 8.30. The molecule has 0 aliphatic carbocycles. The van der Waals surface area contributed by atoms with Gasteiger partial charge in [-0.2, -0.15) is 0 Å². The fraction of sp³-hybridized carbons (Fsp3) is 0.600. The van der Waals surface area contributed by atoms with E-state index in [9.17, 15) is 49.5 Å². The summed E-state index contributed by atoms with van der Waals surface area (Å²) in [5, 5.41) is 20.5. The summed E-state index contributed by atoms with van der Waals surface area (Å²) in [6.45, 7) is 2.62. The van der Waals surface area contributed by atoms with Gasteiger partial charge in [0.05, 0.1) is 56.3 Å². The first-order valence-electron chi connectivity index (χ1n) is 17.4. The van der Waals surface area contributed by atoms with Crippen molar-refractivity contribution in [2.75, 3.05) is 19.8 Å². The van der Waals surface area contributed by atoms with Gasteiger partial charge in [-0.05, 0) is 31.8 Å². The van der Waals surface area contributed by atoms with Crippen LogP contribution in [0.15, 0.2) is 57.6 Å². The lowest BCUT2D eigenvalue weighted by atomic mass is 10.1. The highest BCUT2D eigenvalue weighted by molar-refractivity contribution is 7.51. The number of nitrogens with zero attached hydrogens (tertiary/aromatic N) is 9. The van der Waals surface area contributed by atoms with Crippen LogP contribution in [-0.2, 0) is 27.8 Å². The van der Waals surface area contributed by atoms with Crippen LogP contribution in [0.5, 0.6) is 0 Å². The maximum Gasteiger partial charge on any atom is 0.406 e. The SMILES string of the molecule is Cc1cn([C@H]2C[C@H](N=[N+]=[N-])[C@@H](COP(=O)(N[C@H]3C[C@H](n4cc(C)c(=O)[nH]c4=O)O[C@@H]3CO)OC[C@H]3O[C@@H](n4cc(C)c(=O)[nH]c4=O)C[C@@H]3N=[N+]=[N-])O2)c(=O)[nH]c1=O. The first kappa shape index (κ1) is 41.2. The average molecular weight is 820 g/mol. The summed E-state index contributed by atoms with van der Waals surface area (Å²) < 4.78 is 47.7. The van der Waals surface area contributed by atoms with E-state index >= 15 is 0 Å². The third-order valence-corrected chi connectivity index (χ3v) is 11.4. The maximum atomic E-state index is 14.7. The van der Waals surface area contributed by atoms with Crippen LogP contribution in [0.25, 0.3) is 20.9 Å². The predicted octanol–water partition coefficient (Wildman–Crippen LogP) is -0.126. The number of aryl methyl sites for hydroxylation is 3. The number of aliphatic hydroxyl groups excluding tert-OH is 1. The first-order chi connectivity index (χ1) is 27.1. The van der Waals surface area contributed by atoms with E-state index in [1.54, 1.807) is 0 Å². The lowest BCUT2D eigenvalue weighted by Crippen LogP contribution is -2.39. The number of aliphatic hydroxyl groups is 1. The molecule has 3 aromatic rings. The number of nitrogens with one attached hydrogen (secondary N) is 4. The van der Waals surface area contributed by atoms with Gasteiger partial charge in [-0.3, -0.25) is 52.1 Å². The minimum Gasteiger partial charge on any atom is -0.394 e. The Morgan fingerprint density at radius 2 is 1.09 bits per heavy atom. The number of rotatable bonds is 14. The van der Waals surface area contributed by atoms with Gasteiger partial charge in [-0.15, -0.1) is 0 Å². The molecule has 0 radical (unpaired) electrons. The molecule has 0 spiro atoms. The van der Waals surface area contributed by atoms with Crippen molar-refractivity contribution in [3.63, 3.8) is 0 Å². The third kappa shape index (κ3) is 8.95.